The number of aryl methyl sites for hydroxylation is 2. The molecule has 1 rings (SSSR count). The maximum absolute atomic E-state index is 10.7. The Morgan fingerprint density at radius 3 is 2.20 bits per heavy atom. The monoisotopic (exact) mass is 281 g/mol. The molecule has 1 aromatic carbocycles. The van der Waals surface area contributed by atoms with Crippen molar-refractivity contribution in [2.75, 3.05) is 6.61 Å². The SMILES string of the molecule is CC(=O)COc1c(C)c[c-]cc1C.[CH3-].[Y]. The molecule has 0 saturated carbocycles. The van der Waals surface area contributed by atoms with E-state index < -0.39 is 0 Å². The zero-order valence-corrected chi connectivity index (χ0v) is 12.6. The van der Waals surface area contributed by atoms with E-state index in [1.165, 1.54) is 6.92 Å². The minimum Gasteiger partial charge on any atom is -0.511 e. The number of ether oxygens (including phenoxy) is 1. The van der Waals surface area contributed by atoms with Crippen LogP contribution in [0.25, 0.3) is 0 Å². The summed E-state index contributed by atoms with van der Waals surface area (Å²) in [6, 6.07) is 6.69. The molecule has 0 N–H and O–H groups in total. The van der Waals surface area contributed by atoms with Crippen LogP contribution >= 0.6 is 0 Å². The van der Waals surface area contributed by atoms with Gasteiger partial charge in [-0.1, -0.05) is 13.8 Å². The van der Waals surface area contributed by atoms with Crippen LogP contribution in [-0.4, -0.2) is 12.4 Å². The number of Topliss-reactive ketones (excluding diaryl/α,β-unsaturated/α-hetero) is 1. The van der Waals surface area contributed by atoms with Gasteiger partial charge < -0.3 is 12.2 Å². The first-order chi connectivity index (χ1) is 6.11. The summed E-state index contributed by atoms with van der Waals surface area (Å²) in [6.45, 7) is 5.55. The molecule has 0 bridgehead atoms. The number of carbonyl (C=O) groups excluding carboxylic acids is 1. The van der Waals surface area contributed by atoms with Crippen LogP contribution in [0.3, 0.4) is 0 Å². The van der Waals surface area contributed by atoms with Crippen LogP contribution in [-0.2, 0) is 37.5 Å². The van der Waals surface area contributed by atoms with Crippen LogP contribution in [0.5, 0.6) is 5.75 Å². The zero-order valence-electron chi connectivity index (χ0n) is 9.76. The predicted molar refractivity (Wildman–Crippen MR) is 57.3 cm³/mol. The number of benzene rings is 1. The zero-order chi connectivity index (χ0) is 9.84. The largest absolute Gasteiger partial charge is 0.511 e. The molecule has 0 aliphatic carbocycles. The Morgan fingerprint density at radius 2 is 1.80 bits per heavy atom. The van der Waals surface area contributed by atoms with Gasteiger partial charge in [-0.3, -0.25) is 4.79 Å². The molecule has 0 aliphatic heterocycles. The fraction of sp³-hybridized carbons (Fsp3) is 0.333. The topological polar surface area (TPSA) is 26.3 Å². The number of hydrogen-bond donors (Lipinski definition) is 0. The van der Waals surface area contributed by atoms with Crippen molar-refractivity contribution in [1.29, 1.82) is 0 Å². The Hall–Kier alpha value is -0.206. The first-order valence-electron chi connectivity index (χ1n) is 4.21. The van der Waals surface area contributed by atoms with Crippen molar-refractivity contribution < 1.29 is 42.2 Å². The van der Waals surface area contributed by atoms with Crippen LogP contribution in [0.4, 0.5) is 0 Å². The number of rotatable bonds is 3. The second-order valence-corrected chi connectivity index (χ2v) is 3.14. The Balaban J connectivity index is 0. The molecule has 3 heteroatoms. The van der Waals surface area contributed by atoms with Crippen molar-refractivity contribution in [2.24, 2.45) is 0 Å². The maximum Gasteiger partial charge on any atom is 0.167 e. The van der Waals surface area contributed by atoms with Crippen LogP contribution in [0, 0.1) is 27.3 Å². The third-order valence-electron chi connectivity index (χ3n) is 1.74. The normalized spacial score (nSPS) is 8.47. The molecule has 1 aromatic rings. The van der Waals surface area contributed by atoms with Gasteiger partial charge in [0, 0.05) is 38.5 Å². The van der Waals surface area contributed by atoms with E-state index in [9.17, 15) is 4.79 Å². The van der Waals surface area contributed by atoms with Crippen LogP contribution in [0.1, 0.15) is 18.1 Å². The van der Waals surface area contributed by atoms with Crippen molar-refractivity contribution in [2.45, 2.75) is 20.8 Å². The Bertz CT molecular complexity index is 301. The van der Waals surface area contributed by atoms with Gasteiger partial charge in [0.15, 0.2) is 5.78 Å². The summed E-state index contributed by atoms with van der Waals surface area (Å²) in [4.78, 5) is 10.7. The summed E-state index contributed by atoms with van der Waals surface area (Å²) in [5.74, 6) is 0.834. The maximum atomic E-state index is 10.7. The summed E-state index contributed by atoms with van der Waals surface area (Å²) in [5.41, 5.74) is 2.03. The minimum atomic E-state index is 0. The smallest absolute Gasteiger partial charge is 0.167 e. The quantitative estimate of drug-likeness (QED) is 0.796. The molecule has 81 valence electrons. The van der Waals surface area contributed by atoms with E-state index in [4.69, 9.17) is 4.74 Å². The molecule has 0 aliphatic rings. The van der Waals surface area contributed by atoms with Gasteiger partial charge in [0.25, 0.3) is 0 Å². The average Bonchev–Trinajstić information content (AvgIpc) is 2.03. The second-order valence-electron chi connectivity index (χ2n) is 3.14. The fourth-order valence-corrected chi connectivity index (χ4v) is 1.14. The van der Waals surface area contributed by atoms with Crippen LogP contribution < -0.4 is 4.74 Å². The van der Waals surface area contributed by atoms with Crippen molar-refractivity contribution in [3.05, 3.63) is 36.8 Å². The molecule has 0 heterocycles. The standard InChI is InChI=1S/C11H13O2.CH3.Y/c1-8-5-4-6-9(2)11(8)13-7-10(3)12;;/h5-6H,7H2,1-3H3;1H3;/q2*-1;. The van der Waals surface area contributed by atoms with E-state index in [-0.39, 0.29) is 52.5 Å². The molecule has 2 nitrogen and oxygen atoms in total. The van der Waals surface area contributed by atoms with Crippen molar-refractivity contribution in [3.8, 4) is 5.75 Å². The summed E-state index contributed by atoms with van der Waals surface area (Å²) < 4.78 is 5.36. The van der Waals surface area contributed by atoms with E-state index in [2.05, 4.69) is 6.07 Å². The molecule has 0 atom stereocenters. The van der Waals surface area contributed by atoms with Crippen molar-refractivity contribution in [1.82, 2.24) is 0 Å². The van der Waals surface area contributed by atoms with E-state index in [0.29, 0.717) is 0 Å². The van der Waals surface area contributed by atoms with Gasteiger partial charge in [0.05, 0.1) is 0 Å². The number of ketones is 1. The minimum absolute atomic E-state index is 0. The molecular formula is C12H16O2Y-2. The molecule has 0 spiro atoms. The number of hydrogen-bond acceptors (Lipinski definition) is 2. The molecule has 1 radical (unpaired) electrons. The first-order valence-corrected chi connectivity index (χ1v) is 4.21. The third kappa shape index (κ3) is 5.43. The van der Waals surface area contributed by atoms with E-state index >= 15 is 0 Å². The van der Waals surface area contributed by atoms with Crippen LogP contribution in [0.2, 0.25) is 0 Å². The molecule has 0 saturated heterocycles. The van der Waals surface area contributed by atoms with Crippen molar-refractivity contribution in [3.63, 3.8) is 0 Å². The summed E-state index contributed by atoms with van der Waals surface area (Å²) >= 11 is 0. The predicted octanol–water partition coefficient (Wildman–Crippen LogP) is 2.52. The van der Waals surface area contributed by atoms with Gasteiger partial charge in [-0.15, -0.1) is 11.1 Å². The van der Waals surface area contributed by atoms with Gasteiger partial charge in [0.2, 0.25) is 0 Å². The molecule has 0 unspecified atom stereocenters. The Labute approximate surface area is 117 Å². The Morgan fingerprint density at radius 1 is 1.33 bits per heavy atom. The van der Waals surface area contributed by atoms with E-state index in [1.54, 1.807) is 0 Å². The molecular weight excluding hydrogens is 265 g/mol. The first kappa shape index (κ1) is 17.2. The van der Waals surface area contributed by atoms with Gasteiger partial charge in [-0.25, -0.2) is 0 Å². The third-order valence-corrected chi connectivity index (χ3v) is 1.74. The Kier molecular flexibility index (Phi) is 9.18. The van der Waals surface area contributed by atoms with Gasteiger partial charge in [-0.2, -0.15) is 18.2 Å². The summed E-state index contributed by atoms with van der Waals surface area (Å²) in [6.07, 6.45) is 0. The molecule has 0 fully saturated rings. The van der Waals surface area contributed by atoms with Crippen LogP contribution in [0.15, 0.2) is 12.1 Å². The van der Waals surface area contributed by atoms with Crippen molar-refractivity contribution >= 4 is 5.78 Å². The van der Waals surface area contributed by atoms with Gasteiger partial charge in [-0.05, 0) is 6.92 Å². The molecule has 0 aromatic heterocycles. The molecule has 0 amide bonds. The van der Waals surface area contributed by atoms with Gasteiger partial charge >= 0.3 is 0 Å². The van der Waals surface area contributed by atoms with Gasteiger partial charge in [0.1, 0.15) is 6.61 Å². The molecule has 15 heavy (non-hydrogen) atoms. The fourth-order valence-electron chi connectivity index (χ4n) is 1.14. The van der Waals surface area contributed by atoms with E-state index in [1.807, 2.05) is 26.0 Å². The number of carbonyl (C=O) groups is 1. The second kappa shape index (κ2) is 8.01. The summed E-state index contributed by atoms with van der Waals surface area (Å²) in [5, 5.41) is 0. The average molecular weight is 281 g/mol. The summed E-state index contributed by atoms with van der Waals surface area (Å²) in [7, 11) is 0. The van der Waals surface area contributed by atoms with E-state index in [0.717, 1.165) is 16.9 Å².